The van der Waals surface area contributed by atoms with Crippen LogP contribution >= 0.6 is 0 Å². The molecular weight excluding hydrogens is 333 g/mol. The molecule has 1 saturated carbocycles. The van der Waals surface area contributed by atoms with Gasteiger partial charge in [-0.1, -0.05) is 19.1 Å². The summed E-state index contributed by atoms with van der Waals surface area (Å²) in [6.45, 7) is 7.29. The van der Waals surface area contributed by atoms with Gasteiger partial charge in [-0.15, -0.1) is 0 Å². The minimum absolute atomic E-state index is 0.0131. The molecule has 0 bridgehead atoms. The van der Waals surface area contributed by atoms with E-state index in [1.54, 1.807) is 0 Å². The van der Waals surface area contributed by atoms with E-state index in [4.69, 9.17) is 4.74 Å². The molecule has 2 fully saturated rings. The second-order valence-electron chi connectivity index (χ2n) is 7.29. The Kier molecular flexibility index (Phi) is 6.86. The minimum atomic E-state index is -0.239. The van der Waals surface area contributed by atoms with Crippen molar-refractivity contribution < 1.29 is 13.9 Å². The van der Waals surface area contributed by atoms with E-state index >= 15 is 0 Å². The fourth-order valence-electron chi connectivity index (χ4n) is 3.49. The predicted octanol–water partition coefficient (Wildman–Crippen LogP) is 3.03. The smallest absolute Gasteiger partial charge is 0.317 e. The third-order valence-corrected chi connectivity index (χ3v) is 5.14. The van der Waals surface area contributed by atoms with E-state index < -0.39 is 0 Å². The predicted molar refractivity (Wildman–Crippen MR) is 99.5 cm³/mol. The van der Waals surface area contributed by atoms with E-state index in [0.29, 0.717) is 25.7 Å². The first-order valence-electron chi connectivity index (χ1n) is 9.77. The van der Waals surface area contributed by atoms with Crippen LogP contribution in [-0.2, 0) is 4.74 Å². The Balaban J connectivity index is 1.64. The van der Waals surface area contributed by atoms with Gasteiger partial charge in [-0.05, 0) is 42.9 Å². The summed E-state index contributed by atoms with van der Waals surface area (Å²) >= 11 is 0. The molecule has 1 aliphatic carbocycles. The van der Waals surface area contributed by atoms with Crippen molar-refractivity contribution in [3.8, 4) is 0 Å². The number of nitrogens with one attached hydrogen (secondary N) is 1. The van der Waals surface area contributed by atoms with E-state index in [1.807, 2.05) is 17.0 Å². The number of morpholine rings is 1. The van der Waals surface area contributed by atoms with Gasteiger partial charge in [0.2, 0.25) is 0 Å². The number of hydrogen-bond acceptors (Lipinski definition) is 3. The molecule has 3 rings (SSSR count). The molecule has 1 aromatic carbocycles. The molecule has 5 nitrogen and oxygen atoms in total. The van der Waals surface area contributed by atoms with Crippen molar-refractivity contribution in [1.29, 1.82) is 0 Å². The van der Waals surface area contributed by atoms with Gasteiger partial charge in [-0.3, -0.25) is 4.90 Å². The molecule has 1 heterocycles. The van der Waals surface area contributed by atoms with Crippen molar-refractivity contribution in [1.82, 2.24) is 15.1 Å². The molecule has 2 amide bonds. The van der Waals surface area contributed by atoms with Crippen LogP contribution < -0.4 is 5.32 Å². The summed E-state index contributed by atoms with van der Waals surface area (Å²) in [5.74, 6) is 0.441. The fourth-order valence-corrected chi connectivity index (χ4v) is 3.49. The Morgan fingerprint density at radius 2 is 2.00 bits per heavy atom. The molecule has 0 aromatic heterocycles. The molecule has 1 atom stereocenters. The summed E-state index contributed by atoms with van der Waals surface area (Å²) in [4.78, 5) is 16.9. The standard InChI is InChI=1S/C20H30FN3O2/c1-2-9-24(15-16-3-4-16)20(25)22-14-19(23-10-12-26-13-11-23)17-5-7-18(21)8-6-17/h5-8,16,19H,2-4,9-15H2,1H3,(H,22,25). The highest BCUT2D eigenvalue weighted by molar-refractivity contribution is 5.74. The van der Waals surface area contributed by atoms with Crippen LogP contribution in [0.25, 0.3) is 0 Å². The topological polar surface area (TPSA) is 44.8 Å². The van der Waals surface area contributed by atoms with Gasteiger partial charge in [-0.2, -0.15) is 0 Å². The summed E-state index contributed by atoms with van der Waals surface area (Å²) < 4.78 is 18.8. The minimum Gasteiger partial charge on any atom is -0.379 e. The van der Waals surface area contributed by atoms with Gasteiger partial charge in [0.15, 0.2) is 0 Å². The van der Waals surface area contributed by atoms with E-state index in [0.717, 1.165) is 38.2 Å². The third kappa shape index (κ3) is 5.42. The van der Waals surface area contributed by atoms with Gasteiger partial charge in [0, 0.05) is 32.7 Å². The van der Waals surface area contributed by atoms with Crippen LogP contribution in [0, 0.1) is 11.7 Å². The number of nitrogens with zero attached hydrogens (tertiary/aromatic N) is 2. The summed E-state index contributed by atoms with van der Waals surface area (Å²) in [7, 11) is 0. The third-order valence-electron chi connectivity index (χ3n) is 5.14. The summed E-state index contributed by atoms with van der Waals surface area (Å²) in [6.07, 6.45) is 3.43. The van der Waals surface area contributed by atoms with E-state index in [9.17, 15) is 9.18 Å². The van der Waals surface area contributed by atoms with Crippen molar-refractivity contribution >= 4 is 6.03 Å². The SMILES string of the molecule is CCCN(CC1CC1)C(=O)NCC(c1ccc(F)cc1)N1CCOCC1. The van der Waals surface area contributed by atoms with E-state index in [1.165, 1.54) is 25.0 Å². The maximum absolute atomic E-state index is 13.3. The number of halogens is 1. The fraction of sp³-hybridized carbons (Fsp3) is 0.650. The van der Waals surface area contributed by atoms with E-state index in [2.05, 4.69) is 17.1 Å². The zero-order valence-corrected chi connectivity index (χ0v) is 15.6. The summed E-state index contributed by atoms with van der Waals surface area (Å²) in [5, 5.41) is 3.12. The van der Waals surface area contributed by atoms with Crippen LogP contribution in [-0.4, -0.2) is 61.8 Å². The first-order valence-corrected chi connectivity index (χ1v) is 9.77. The number of hydrogen-bond donors (Lipinski definition) is 1. The highest BCUT2D eigenvalue weighted by Crippen LogP contribution is 2.30. The molecule has 2 aliphatic rings. The Morgan fingerprint density at radius 3 is 2.62 bits per heavy atom. The van der Waals surface area contributed by atoms with Crippen LogP contribution in [0.1, 0.15) is 37.8 Å². The number of urea groups is 1. The molecule has 0 spiro atoms. The van der Waals surface area contributed by atoms with Crippen molar-refractivity contribution in [2.75, 3.05) is 45.9 Å². The van der Waals surface area contributed by atoms with E-state index in [-0.39, 0.29) is 17.9 Å². The van der Waals surface area contributed by atoms with Crippen molar-refractivity contribution in [3.05, 3.63) is 35.6 Å². The first-order chi connectivity index (χ1) is 12.7. The normalized spacial score (nSPS) is 19.2. The number of rotatable bonds is 8. The Hall–Kier alpha value is -1.66. The molecule has 26 heavy (non-hydrogen) atoms. The van der Waals surface area contributed by atoms with Crippen molar-refractivity contribution in [2.24, 2.45) is 5.92 Å². The van der Waals surface area contributed by atoms with Crippen LogP contribution in [0.4, 0.5) is 9.18 Å². The monoisotopic (exact) mass is 363 g/mol. The quantitative estimate of drug-likeness (QED) is 0.772. The molecule has 144 valence electrons. The largest absolute Gasteiger partial charge is 0.379 e. The molecule has 0 radical (unpaired) electrons. The molecule has 6 heteroatoms. The first kappa shape index (κ1) is 19.1. The highest BCUT2D eigenvalue weighted by atomic mass is 19.1. The zero-order chi connectivity index (χ0) is 18.4. The Labute approximate surface area is 155 Å². The lowest BCUT2D eigenvalue weighted by molar-refractivity contribution is 0.0164. The molecule has 1 aliphatic heterocycles. The van der Waals surface area contributed by atoms with Gasteiger partial charge >= 0.3 is 6.03 Å². The maximum Gasteiger partial charge on any atom is 0.317 e. The van der Waals surface area contributed by atoms with Crippen LogP contribution in [0.2, 0.25) is 0 Å². The number of amides is 2. The van der Waals surface area contributed by atoms with Crippen LogP contribution in [0.3, 0.4) is 0 Å². The van der Waals surface area contributed by atoms with Gasteiger partial charge in [-0.25, -0.2) is 9.18 Å². The number of carbonyl (C=O) groups excluding carboxylic acids is 1. The van der Waals surface area contributed by atoms with Gasteiger partial charge < -0.3 is 15.0 Å². The molecule has 1 N–H and O–H groups in total. The average Bonchev–Trinajstić information content (AvgIpc) is 3.48. The Bertz CT molecular complexity index is 571. The van der Waals surface area contributed by atoms with Crippen LogP contribution in [0.15, 0.2) is 24.3 Å². The van der Waals surface area contributed by atoms with Gasteiger partial charge in [0.1, 0.15) is 5.82 Å². The Morgan fingerprint density at radius 1 is 1.31 bits per heavy atom. The lowest BCUT2D eigenvalue weighted by Crippen LogP contribution is -2.47. The second-order valence-corrected chi connectivity index (χ2v) is 7.29. The summed E-state index contributed by atoms with van der Waals surface area (Å²) in [6, 6.07) is 6.65. The summed E-state index contributed by atoms with van der Waals surface area (Å²) in [5.41, 5.74) is 1.03. The molecule has 1 unspecified atom stereocenters. The van der Waals surface area contributed by atoms with Crippen LogP contribution in [0.5, 0.6) is 0 Å². The van der Waals surface area contributed by atoms with Crippen molar-refractivity contribution in [3.63, 3.8) is 0 Å². The number of ether oxygens (including phenoxy) is 1. The second kappa shape index (κ2) is 9.33. The number of carbonyl (C=O) groups is 1. The van der Waals surface area contributed by atoms with Gasteiger partial charge in [0.05, 0.1) is 19.3 Å². The lowest BCUT2D eigenvalue weighted by atomic mass is 10.0. The van der Waals surface area contributed by atoms with Gasteiger partial charge in [0.25, 0.3) is 0 Å². The zero-order valence-electron chi connectivity index (χ0n) is 15.6. The van der Waals surface area contributed by atoms with Crippen molar-refractivity contribution in [2.45, 2.75) is 32.2 Å². The molecule has 1 aromatic rings. The molecular formula is C20H30FN3O2. The highest BCUT2D eigenvalue weighted by Gasteiger charge is 2.28. The average molecular weight is 363 g/mol. The maximum atomic E-state index is 13.3. The number of benzene rings is 1. The lowest BCUT2D eigenvalue weighted by Gasteiger charge is -2.35. The molecule has 1 saturated heterocycles.